The Hall–Kier alpha value is -2.61. The second-order valence-electron chi connectivity index (χ2n) is 5.93. The van der Waals surface area contributed by atoms with Crippen LogP contribution in [0, 0.1) is 6.92 Å². The van der Waals surface area contributed by atoms with E-state index in [0.29, 0.717) is 11.0 Å². The minimum atomic E-state index is -0.140. The third-order valence-electron chi connectivity index (χ3n) is 3.71. The molecule has 0 aliphatic carbocycles. The van der Waals surface area contributed by atoms with E-state index in [4.69, 9.17) is 0 Å². The van der Waals surface area contributed by atoms with Crippen LogP contribution in [0.2, 0.25) is 0 Å². The van der Waals surface area contributed by atoms with Crippen molar-refractivity contribution in [1.29, 1.82) is 0 Å². The molecule has 0 saturated carbocycles. The third-order valence-corrected chi connectivity index (χ3v) is 4.56. The zero-order valence-corrected chi connectivity index (χ0v) is 15.7. The monoisotopic (exact) mass is 370 g/mol. The molecule has 0 fully saturated rings. The maximum absolute atomic E-state index is 12.1. The molecule has 1 aromatic carbocycles. The van der Waals surface area contributed by atoms with Gasteiger partial charge in [0.2, 0.25) is 5.91 Å². The number of nitrogens with one attached hydrogen (secondary N) is 3. The van der Waals surface area contributed by atoms with Crippen molar-refractivity contribution >= 4 is 40.2 Å². The quantitative estimate of drug-likeness (QED) is 0.318. The fraction of sp³-hybridized carbons (Fsp3) is 0.333. The number of amides is 1. The van der Waals surface area contributed by atoms with E-state index in [1.807, 2.05) is 31.2 Å². The maximum Gasteiger partial charge on any atom is 0.236 e. The summed E-state index contributed by atoms with van der Waals surface area (Å²) < 4.78 is 0. The number of hydrogen-bond donors (Lipinski definition) is 3. The van der Waals surface area contributed by atoms with Gasteiger partial charge in [-0.15, -0.1) is 0 Å². The average Bonchev–Trinajstić information content (AvgIpc) is 3.05. The Morgan fingerprint density at radius 3 is 2.88 bits per heavy atom. The van der Waals surface area contributed by atoms with Crippen LogP contribution in [0.25, 0.3) is 10.9 Å². The van der Waals surface area contributed by atoms with Gasteiger partial charge in [0.25, 0.3) is 0 Å². The van der Waals surface area contributed by atoms with Gasteiger partial charge in [-0.25, -0.2) is 9.97 Å². The van der Waals surface area contributed by atoms with Crippen LogP contribution in [0.3, 0.4) is 0 Å². The minimum Gasteiger partial charge on any atom is -0.369 e. The first-order valence-electron chi connectivity index (χ1n) is 8.61. The Balaban J connectivity index is 1.69. The molecule has 0 saturated heterocycles. The van der Waals surface area contributed by atoms with E-state index in [0.717, 1.165) is 41.8 Å². The lowest BCUT2D eigenvalue weighted by atomic mass is 10.2. The van der Waals surface area contributed by atoms with Crippen molar-refractivity contribution in [3.8, 4) is 0 Å². The molecule has 136 valence electrons. The van der Waals surface area contributed by atoms with Gasteiger partial charge in [0.15, 0.2) is 11.0 Å². The maximum atomic E-state index is 12.1. The Kier molecular flexibility index (Phi) is 6.06. The van der Waals surface area contributed by atoms with Crippen molar-refractivity contribution in [2.45, 2.75) is 31.8 Å². The van der Waals surface area contributed by atoms with E-state index >= 15 is 0 Å². The summed E-state index contributed by atoms with van der Waals surface area (Å²) in [6.07, 6.45) is 2.19. The summed E-state index contributed by atoms with van der Waals surface area (Å²) in [5.41, 5.74) is 1.76. The summed E-state index contributed by atoms with van der Waals surface area (Å²) in [5, 5.41) is 14.5. The number of hydrogen-bond acceptors (Lipinski definition) is 6. The molecule has 0 spiro atoms. The van der Waals surface area contributed by atoms with Crippen LogP contribution in [-0.4, -0.2) is 38.4 Å². The predicted molar refractivity (Wildman–Crippen MR) is 106 cm³/mol. The van der Waals surface area contributed by atoms with Gasteiger partial charge in [-0.1, -0.05) is 37.2 Å². The van der Waals surface area contributed by atoms with E-state index in [-0.39, 0.29) is 11.7 Å². The number of carbonyl (C=O) groups excluding carboxylic acids is 1. The lowest BCUT2D eigenvalue weighted by molar-refractivity contribution is -0.113. The van der Waals surface area contributed by atoms with Crippen molar-refractivity contribution in [1.82, 2.24) is 20.2 Å². The van der Waals surface area contributed by atoms with E-state index in [1.54, 1.807) is 6.07 Å². The summed E-state index contributed by atoms with van der Waals surface area (Å²) >= 11 is 1.31. The number of carbonyl (C=O) groups is 1. The second-order valence-corrected chi connectivity index (χ2v) is 6.87. The first kappa shape index (κ1) is 18.2. The standard InChI is InChI=1S/C18H22N6OS/c1-3-4-9-19-17-13-7-5-6-8-14(13)20-18(22-17)26-11-16(25)21-15-10-12(2)23-24-15/h5-8,10H,3-4,9,11H2,1-2H3,(H,19,20,22)(H2,21,23,24,25). The van der Waals surface area contributed by atoms with Crippen molar-refractivity contribution in [3.05, 3.63) is 36.0 Å². The van der Waals surface area contributed by atoms with Crippen LogP contribution < -0.4 is 10.6 Å². The topological polar surface area (TPSA) is 95.6 Å². The Morgan fingerprint density at radius 2 is 2.12 bits per heavy atom. The largest absolute Gasteiger partial charge is 0.369 e. The van der Waals surface area contributed by atoms with Gasteiger partial charge >= 0.3 is 0 Å². The van der Waals surface area contributed by atoms with Crippen LogP contribution in [-0.2, 0) is 4.79 Å². The van der Waals surface area contributed by atoms with E-state index in [9.17, 15) is 4.79 Å². The van der Waals surface area contributed by atoms with Gasteiger partial charge in [0.1, 0.15) is 5.82 Å². The molecule has 0 aliphatic heterocycles. The van der Waals surface area contributed by atoms with Crippen LogP contribution in [0.15, 0.2) is 35.5 Å². The Labute approximate surface area is 156 Å². The number of para-hydroxylation sites is 1. The fourth-order valence-corrected chi connectivity index (χ4v) is 3.08. The highest BCUT2D eigenvalue weighted by molar-refractivity contribution is 7.99. The van der Waals surface area contributed by atoms with Crippen molar-refractivity contribution in [3.63, 3.8) is 0 Å². The number of anilines is 2. The highest BCUT2D eigenvalue weighted by atomic mass is 32.2. The van der Waals surface area contributed by atoms with E-state index < -0.39 is 0 Å². The molecule has 0 radical (unpaired) electrons. The fourth-order valence-electron chi connectivity index (χ4n) is 2.43. The number of rotatable bonds is 8. The second kappa shape index (κ2) is 8.66. The summed E-state index contributed by atoms with van der Waals surface area (Å²) in [6, 6.07) is 9.67. The molecule has 3 rings (SSSR count). The molecule has 0 bridgehead atoms. The molecular formula is C18H22N6OS. The molecule has 0 aliphatic rings. The molecule has 8 heteroatoms. The molecular weight excluding hydrogens is 348 g/mol. The summed E-state index contributed by atoms with van der Waals surface area (Å²) in [6.45, 7) is 4.90. The third kappa shape index (κ3) is 4.72. The highest BCUT2D eigenvalue weighted by Gasteiger charge is 2.11. The molecule has 2 aromatic heterocycles. The predicted octanol–water partition coefficient (Wildman–Crippen LogP) is 3.60. The zero-order chi connectivity index (χ0) is 18.4. The molecule has 7 nitrogen and oxygen atoms in total. The van der Waals surface area contributed by atoms with Gasteiger partial charge in [-0.05, 0) is 25.5 Å². The zero-order valence-electron chi connectivity index (χ0n) is 14.9. The molecule has 3 aromatic rings. The summed E-state index contributed by atoms with van der Waals surface area (Å²) in [5.74, 6) is 1.42. The summed E-state index contributed by atoms with van der Waals surface area (Å²) in [7, 11) is 0. The van der Waals surface area contributed by atoms with Crippen LogP contribution in [0.1, 0.15) is 25.5 Å². The first-order valence-corrected chi connectivity index (χ1v) is 9.59. The van der Waals surface area contributed by atoms with Gasteiger partial charge in [-0.2, -0.15) is 5.10 Å². The van der Waals surface area contributed by atoms with E-state index in [1.165, 1.54) is 11.8 Å². The molecule has 1 amide bonds. The number of fused-ring (bicyclic) bond motifs is 1. The molecule has 2 heterocycles. The number of nitrogens with zero attached hydrogens (tertiary/aromatic N) is 3. The normalized spacial score (nSPS) is 10.8. The molecule has 3 N–H and O–H groups in total. The Morgan fingerprint density at radius 1 is 1.27 bits per heavy atom. The lowest BCUT2D eigenvalue weighted by Crippen LogP contribution is -2.14. The smallest absolute Gasteiger partial charge is 0.236 e. The number of aryl methyl sites for hydroxylation is 1. The van der Waals surface area contributed by atoms with Gasteiger partial charge < -0.3 is 10.6 Å². The van der Waals surface area contributed by atoms with Gasteiger partial charge in [0.05, 0.1) is 11.3 Å². The van der Waals surface area contributed by atoms with Gasteiger partial charge in [-0.3, -0.25) is 9.89 Å². The van der Waals surface area contributed by atoms with E-state index in [2.05, 4.69) is 37.7 Å². The van der Waals surface area contributed by atoms with Crippen molar-refractivity contribution in [2.75, 3.05) is 22.9 Å². The lowest BCUT2D eigenvalue weighted by Gasteiger charge is -2.10. The number of unbranched alkanes of at least 4 members (excludes halogenated alkanes) is 1. The average molecular weight is 370 g/mol. The van der Waals surface area contributed by atoms with Gasteiger partial charge in [0, 0.05) is 23.7 Å². The molecule has 0 atom stereocenters. The van der Waals surface area contributed by atoms with Crippen LogP contribution in [0.4, 0.5) is 11.6 Å². The van der Waals surface area contributed by atoms with Crippen LogP contribution in [0.5, 0.6) is 0 Å². The molecule has 26 heavy (non-hydrogen) atoms. The number of thioether (sulfide) groups is 1. The Bertz CT molecular complexity index is 894. The van der Waals surface area contributed by atoms with Crippen molar-refractivity contribution < 1.29 is 4.79 Å². The molecule has 0 unspecified atom stereocenters. The number of benzene rings is 1. The number of aromatic nitrogens is 4. The summed E-state index contributed by atoms with van der Waals surface area (Å²) in [4.78, 5) is 21.2. The highest BCUT2D eigenvalue weighted by Crippen LogP contribution is 2.24. The number of H-pyrrole nitrogens is 1. The number of aromatic amines is 1. The SMILES string of the molecule is CCCCNc1nc(SCC(=O)Nc2cc(C)[nH]n2)nc2ccccc12. The minimum absolute atomic E-state index is 0.140. The first-order chi connectivity index (χ1) is 12.7. The van der Waals surface area contributed by atoms with Crippen molar-refractivity contribution in [2.24, 2.45) is 0 Å². The van der Waals surface area contributed by atoms with Crippen LogP contribution >= 0.6 is 11.8 Å².